The Morgan fingerprint density at radius 3 is 2.14 bits per heavy atom. The van der Waals surface area contributed by atoms with Crippen molar-refractivity contribution in [1.29, 1.82) is 0 Å². The van der Waals surface area contributed by atoms with E-state index < -0.39 is 0 Å². The monoisotopic (exact) mass is 475 g/mol. The van der Waals surface area contributed by atoms with Crippen molar-refractivity contribution in [3.63, 3.8) is 0 Å². The normalized spacial score (nSPS) is 11.2. The fourth-order valence-corrected chi connectivity index (χ4v) is 4.79. The van der Waals surface area contributed by atoms with Gasteiger partial charge in [0.2, 0.25) is 0 Å². The molecule has 0 N–H and O–H groups in total. The smallest absolute Gasteiger partial charge is 0.160 e. The molecule has 4 nitrogen and oxygen atoms in total. The highest BCUT2D eigenvalue weighted by molar-refractivity contribution is 6.09. The molecule has 0 radical (unpaired) electrons. The van der Waals surface area contributed by atoms with Gasteiger partial charge in [0.1, 0.15) is 11.2 Å². The SMILES string of the molecule is c1ccc(-c2cc(-c3cccc4c3oc3ccccc34)nc(-c3cccc(-c4cccnc4)c3)n2)cc1. The van der Waals surface area contributed by atoms with Crippen molar-refractivity contribution in [3.8, 4) is 45.0 Å². The van der Waals surface area contributed by atoms with E-state index in [1.807, 2.05) is 60.8 Å². The first-order valence-electron chi connectivity index (χ1n) is 12.2. The van der Waals surface area contributed by atoms with Crippen molar-refractivity contribution >= 4 is 21.9 Å². The number of para-hydroxylation sites is 2. The number of hydrogen-bond donors (Lipinski definition) is 0. The Balaban J connectivity index is 1.45. The van der Waals surface area contributed by atoms with Gasteiger partial charge in [-0.1, -0.05) is 84.9 Å². The average molecular weight is 476 g/mol. The summed E-state index contributed by atoms with van der Waals surface area (Å²) in [5.41, 5.74) is 8.42. The largest absolute Gasteiger partial charge is 0.455 e. The number of furan rings is 1. The molecule has 0 unspecified atom stereocenters. The Hall–Kier alpha value is -5.09. The van der Waals surface area contributed by atoms with Gasteiger partial charge in [-0.15, -0.1) is 0 Å². The fourth-order valence-electron chi connectivity index (χ4n) is 4.79. The third kappa shape index (κ3) is 3.85. The van der Waals surface area contributed by atoms with Crippen LogP contribution in [-0.4, -0.2) is 15.0 Å². The van der Waals surface area contributed by atoms with Crippen LogP contribution in [0.15, 0.2) is 132 Å². The third-order valence-corrected chi connectivity index (χ3v) is 6.59. The molecule has 3 heterocycles. The van der Waals surface area contributed by atoms with Gasteiger partial charge in [-0.25, -0.2) is 9.97 Å². The topological polar surface area (TPSA) is 51.8 Å². The van der Waals surface area contributed by atoms with Gasteiger partial charge in [0, 0.05) is 45.4 Å². The minimum absolute atomic E-state index is 0.662. The summed E-state index contributed by atoms with van der Waals surface area (Å²) in [4.78, 5) is 14.3. The van der Waals surface area contributed by atoms with E-state index in [0.717, 1.165) is 61.1 Å². The Kier molecular flexibility index (Phi) is 5.07. The van der Waals surface area contributed by atoms with E-state index in [1.54, 1.807) is 6.20 Å². The molecule has 3 aromatic heterocycles. The van der Waals surface area contributed by atoms with Gasteiger partial charge in [0.15, 0.2) is 5.82 Å². The van der Waals surface area contributed by atoms with E-state index in [0.29, 0.717) is 5.82 Å². The molecule has 0 saturated heterocycles. The lowest BCUT2D eigenvalue weighted by Gasteiger charge is -2.10. The molecule has 7 rings (SSSR count). The summed E-state index contributed by atoms with van der Waals surface area (Å²) in [6, 6.07) is 38.9. The van der Waals surface area contributed by atoms with Crippen LogP contribution in [-0.2, 0) is 0 Å². The number of aromatic nitrogens is 3. The summed E-state index contributed by atoms with van der Waals surface area (Å²) in [5, 5.41) is 2.18. The molecule has 174 valence electrons. The van der Waals surface area contributed by atoms with Crippen LogP contribution in [0.4, 0.5) is 0 Å². The maximum absolute atomic E-state index is 6.34. The molecule has 0 aliphatic rings. The zero-order valence-electron chi connectivity index (χ0n) is 19.9. The highest BCUT2D eigenvalue weighted by Crippen LogP contribution is 2.37. The van der Waals surface area contributed by atoms with E-state index in [9.17, 15) is 0 Å². The summed E-state index contributed by atoms with van der Waals surface area (Å²) in [5.74, 6) is 0.662. The van der Waals surface area contributed by atoms with Crippen LogP contribution in [0.5, 0.6) is 0 Å². The first kappa shape index (κ1) is 21.2. The van der Waals surface area contributed by atoms with E-state index >= 15 is 0 Å². The van der Waals surface area contributed by atoms with Gasteiger partial charge in [-0.05, 0) is 35.9 Å². The Morgan fingerprint density at radius 1 is 0.514 bits per heavy atom. The van der Waals surface area contributed by atoms with Crippen molar-refractivity contribution < 1.29 is 4.42 Å². The molecule has 0 fully saturated rings. The molecule has 37 heavy (non-hydrogen) atoms. The van der Waals surface area contributed by atoms with Crippen LogP contribution in [0.25, 0.3) is 67.0 Å². The van der Waals surface area contributed by atoms with Crippen LogP contribution in [0.3, 0.4) is 0 Å². The van der Waals surface area contributed by atoms with Gasteiger partial charge >= 0.3 is 0 Å². The van der Waals surface area contributed by atoms with Gasteiger partial charge in [0.05, 0.1) is 11.4 Å². The van der Waals surface area contributed by atoms with Gasteiger partial charge in [-0.3, -0.25) is 4.98 Å². The predicted octanol–water partition coefficient (Wildman–Crippen LogP) is 8.44. The molecule has 0 atom stereocenters. The molecule has 0 amide bonds. The number of hydrogen-bond acceptors (Lipinski definition) is 4. The third-order valence-electron chi connectivity index (χ3n) is 6.59. The zero-order chi connectivity index (χ0) is 24.6. The molecular formula is C33H21N3O. The van der Waals surface area contributed by atoms with E-state index in [1.165, 1.54) is 0 Å². The number of pyridine rings is 1. The zero-order valence-corrected chi connectivity index (χ0v) is 19.9. The molecule has 0 bridgehead atoms. The van der Waals surface area contributed by atoms with E-state index in [-0.39, 0.29) is 0 Å². The van der Waals surface area contributed by atoms with Crippen LogP contribution in [0, 0.1) is 0 Å². The van der Waals surface area contributed by atoms with Crippen LogP contribution in [0.1, 0.15) is 0 Å². The molecule has 0 aliphatic carbocycles. The fraction of sp³-hybridized carbons (Fsp3) is 0. The van der Waals surface area contributed by atoms with Crippen molar-refractivity contribution in [2.75, 3.05) is 0 Å². The number of fused-ring (bicyclic) bond motifs is 3. The minimum Gasteiger partial charge on any atom is -0.455 e. The molecule has 4 heteroatoms. The summed E-state index contributed by atoms with van der Waals surface area (Å²) < 4.78 is 6.34. The molecule has 0 saturated carbocycles. The highest BCUT2D eigenvalue weighted by atomic mass is 16.3. The molecule has 7 aromatic rings. The van der Waals surface area contributed by atoms with Gasteiger partial charge < -0.3 is 4.42 Å². The lowest BCUT2D eigenvalue weighted by atomic mass is 10.0. The lowest BCUT2D eigenvalue weighted by molar-refractivity contribution is 0.670. The summed E-state index contributed by atoms with van der Waals surface area (Å²) in [6.07, 6.45) is 3.65. The van der Waals surface area contributed by atoms with Crippen molar-refractivity contribution in [2.24, 2.45) is 0 Å². The van der Waals surface area contributed by atoms with Crippen molar-refractivity contribution in [3.05, 3.63) is 128 Å². The van der Waals surface area contributed by atoms with Crippen molar-refractivity contribution in [1.82, 2.24) is 15.0 Å². The Labute approximate surface area is 213 Å². The second-order valence-corrected chi connectivity index (χ2v) is 8.93. The van der Waals surface area contributed by atoms with E-state index in [4.69, 9.17) is 14.4 Å². The number of benzene rings is 4. The van der Waals surface area contributed by atoms with Crippen LogP contribution < -0.4 is 0 Å². The molecule has 0 spiro atoms. The minimum atomic E-state index is 0.662. The number of rotatable bonds is 4. The van der Waals surface area contributed by atoms with Crippen LogP contribution >= 0.6 is 0 Å². The maximum Gasteiger partial charge on any atom is 0.160 e. The first-order chi connectivity index (χ1) is 18.3. The van der Waals surface area contributed by atoms with E-state index in [2.05, 4.69) is 65.6 Å². The predicted molar refractivity (Wildman–Crippen MR) is 149 cm³/mol. The van der Waals surface area contributed by atoms with Crippen LogP contribution in [0.2, 0.25) is 0 Å². The standard InChI is InChI=1S/C33H21N3O/c1-2-9-22(10-3-1)29-20-30(28-16-7-15-27-26-14-4-5-17-31(26)37-32(27)28)36-33(35-29)24-12-6-11-23(19-24)25-13-8-18-34-21-25/h1-21H. The summed E-state index contributed by atoms with van der Waals surface area (Å²) in [7, 11) is 0. The number of nitrogens with zero attached hydrogens (tertiary/aromatic N) is 3. The molecular weight excluding hydrogens is 454 g/mol. The second-order valence-electron chi connectivity index (χ2n) is 8.93. The highest BCUT2D eigenvalue weighted by Gasteiger charge is 2.16. The molecule has 0 aliphatic heterocycles. The second kappa shape index (κ2) is 8.85. The summed E-state index contributed by atoms with van der Waals surface area (Å²) in [6.45, 7) is 0. The van der Waals surface area contributed by atoms with Gasteiger partial charge in [-0.2, -0.15) is 0 Å². The quantitative estimate of drug-likeness (QED) is 0.256. The Bertz CT molecular complexity index is 1880. The molecule has 4 aromatic carbocycles. The lowest BCUT2D eigenvalue weighted by Crippen LogP contribution is -1.96. The maximum atomic E-state index is 6.34. The first-order valence-corrected chi connectivity index (χ1v) is 12.2. The average Bonchev–Trinajstić information content (AvgIpc) is 3.37. The Morgan fingerprint density at radius 2 is 1.24 bits per heavy atom. The van der Waals surface area contributed by atoms with Gasteiger partial charge in [0.25, 0.3) is 0 Å². The summed E-state index contributed by atoms with van der Waals surface area (Å²) >= 11 is 0. The van der Waals surface area contributed by atoms with Crippen molar-refractivity contribution in [2.45, 2.75) is 0 Å².